The van der Waals surface area contributed by atoms with Crippen LogP contribution in [0.5, 0.6) is 11.5 Å². The van der Waals surface area contributed by atoms with Crippen LogP contribution in [-0.4, -0.2) is 84.4 Å². The van der Waals surface area contributed by atoms with Crippen molar-refractivity contribution in [2.45, 2.75) is 49.7 Å². The number of amides is 2. The fourth-order valence-corrected chi connectivity index (χ4v) is 5.63. The summed E-state index contributed by atoms with van der Waals surface area (Å²) in [5, 5.41) is 23.7. The van der Waals surface area contributed by atoms with E-state index < -0.39 is 36.2 Å². The SMILES string of the molecule is COc1cc(C=O)cc2c1OC1C2C(C(=O)NCCO)=CC(N(Cc2ccccc2)C(=O)C2CCCO2)C1O. The Kier molecular flexibility index (Phi) is 7.97. The van der Waals surface area contributed by atoms with Crippen molar-refractivity contribution in [2.75, 3.05) is 26.9 Å². The van der Waals surface area contributed by atoms with Crippen molar-refractivity contribution >= 4 is 18.1 Å². The molecular formula is C29H32N2O8. The number of ether oxygens (including phenoxy) is 3. The first-order valence-electron chi connectivity index (χ1n) is 13.1. The van der Waals surface area contributed by atoms with E-state index in [2.05, 4.69) is 5.32 Å². The van der Waals surface area contributed by atoms with E-state index in [0.717, 1.165) is 12.0 Å². The van der Waals surface area contributed by atoms with Crippen molar-refractivity contribution in [1.82, 2.24) is 10.2 Å². The number of carbonyl (C=O) groups excluding carboxylic acids is 3. The number of nitrogens with one attached hydrogen (secondary N) is 1. The molecule has 39 heavy (non-hydrogen) atoms. The van der Waals surface area contributed by atoms with Crippen LogP contribution in [0.4, 0.5) is 0 Å². The van der Waals surface area contributed by atoms with Gasteiger partial charge in [0.1, 0.15) is 24.6 Å². The van der Waals surface area contributed by atoms with Gasteiger partial charge in [0.05, 0.1) is 25.7 Å². The van der Waals surface area contributed by atoms with Gasteiger partial charge in [-0.3, -0.25) is 14.4 Å². The molecule has 0 spiro atoms. The first-order valence-corrected chi connectivity index (χ1v) is 13.1. The van der Waals surface area contributed by atoms with Crippen LogP contribution in [0.25, 0.3) is 0 Å². The molecule has 0 bridgehead atoms. The van der Waals surface area contributed by atoms with E-state index >= 15 is 0 Å². The maximum absolute atomic E-state index is 13.8. The van der Waals surface area contributed by atoms with Crippen molar-refractivity contribution in [1.29, 1.82) is 0 Å². The molecule has 10 heteroatoms. The maximum Gasteiger partial charge on any atom is 0.252 e. The van der Waals surface area contributed by atoms with Gasteiger partial charge in [-0.2, -0.15) is 0 Å². The number of aliphatic hydroxyl groups is 2. The second-order valence-corrected chi connectivity index (χ2v) is 9.86. The molecule has 2 heterocycles. The van der Waals surface area contributed by atoms with Crippen molar-refractivity contribution < 1.29 is 38.8 Å². The molecule has 2 amide bonds. The molecule has 3 aliphatic rings. The first kappa shape index (κ1) is 26.9. The third kappa shape index (κ3) is 5.15. The van der Waals surface area contributed by atoms with Crippen LogP contribution in [0.15, 0.2) is 54.1 Å². The highest BCUT2D eigenvalue weighted by Gasteiger charge is 2.52. The summed E-state index contributed by atoms with van der Waals surface area (Å²) in [7, 11) is 1.45. The number of hydrogen-bond acceptors (Lipinski definition) is 8. The molecule has 2 aliphatic heterocycles. The fraction of sp³-hybridized carbons (Fsp3) is 0.414. The van der Waals surface area contributed by atoms with E-state index in [1.54, 1.807) is 17.0 Å². The highest BCUT2D eigenvalue weighted by atomic mass is 16.5. The lowest BCUT2D eigenvalue weighted by atomic mass is 9.77. The largest absolute Gasteiger partial charge is 0.493 e. The Morgan fingerprint density at radius 3 is 2.69 bits per heavy atom. The Bertz CT molecular complexity index is 1260. The number of aliphatic hydroxyl groups excluding tert-OH is 2. The minimum atomic E-state index is -1.21. The van der Waals surface area contributed by atoms with E-state index in [0.29, 0.717) is 41.9 Å². The molecule has 5 unspecified atom stereocenters. The molecule has 3 N–H and O–H groups in total. The van der Waals surface area contributed by atoms with E-state index in [1.165, 1.54) is 13.2 Å². The molecule has 0 aromatic heterocycles. The zero-order valence-corrected chi connectivity index (χ0v) is 21.6. The zero-order valence-electron chi connectivity index (χ0n) is 21.6. The third-order valence-corrected chi connectivity index (χ3v) is 7.45. The van der Waals surface area contributed by atoms with Gasteiger partial charge < -0.3 is 34.6 Å². The summed E-state index contributed by atoms with van der Waals surface area (Å²) in [6.07, 6.45) is 0.819. The Morgan fingerprint density at radius 2 is 2.03 bits per heavy atom. The number of rotatable bonds is 9. The lowest BCUT2D eigenvalue weighted by molar-refractivity contribution is -0.147. The van der Waals surface area contributed by atoms with Gasteiger partial charge >= 0.3 is 0 Å². The van der Waals surface area contributed by atoms with E-state index in [1.807, 2.05) is 30.3 Å². The van der Waals surface area contributed by atoms with Crippen molar-refractivity contribution in [3.05, 3.63) is 70.8 Å². The lowest BCUT2D eigenvalue weighted by Gasteiger charge is -2.41. The number of fused-ring (bicyclic) bond motifs is 3. The number of nitrogens with zero attached hydrogens (tertiary/aromatic N) is 1. The van der Waals surface area contributed by atoms with Crippen molar-refractivity contribution in [3.8, 4) is 11.5 Å². The molecule has 1 aliphatic carbocycles. The molecule has 206 valence electrons. The predicted molar refractivity (Wildman–Crippen MR) is 139 cm³/mol. The van der Waals surface area contributed by atoms with Gasteiger partial charge in [0.15, 0.2) is 11.5 Å². The number of hydrogen-bond donors (Lipinski definition) is 3. The Labute approximate surface area is 226 Å². The van der Waals surface area contributed by atoms with Crippen LogP contribution in [0.1, 0.15) is 40.2 Å². The summed E-state index contributed by atoms with van der Waals surface area (Å²) in [6, 6.07) is 11.6. The topological polar surface area (TPSA) is 135 Å². The molecule has 1 fully saturated rings. The molecule has 0 radical (unpaired) electrons. The lowest BCUT2D eigenvalue weighted by Crippen LogP contribution is -2.57. The summed E-state index contributed by atoms with van der Waals surface area (Å²) in [5.41, 5.74) is 1.99. The summed E-state index contributed by atoms with van der Waals surface area (Å²) in [5.74, 6) is -0.832. The average Bonchev–Trinajstić information content (AvgIpc) is 3.64. The van der Waals surface area contributed by atoms with Gasteiger partial charge in [-0.25, -0.2) is 0 Å². The van der Waals surface area contributed by atoms with Crippen LogP contribution < -0.4 is 14.8 Å². The van der Waals surface area contributed by atoms with E-state index in [4.69, 9.17) is 14.2 Å². The van der Waals surface area contributed by atoms with Gasteiger partial charge in [0.25, 0.3) is 5.91 Å². The molecule has 5 atom stereocenters. The Hall–Kier alpha value is -3.73. The summed E-state index contributed by atoms with van der Waals surface area (Å²) in [6.45, 7) is 0.434. The van der Waals surface area contributed by atoms with Crippen LogP contribution >= 0.6 is 0 Å². The summed E-state index contributed by atoms with van der Waals surface area (Å²) >= 11 is 0. The summed E-state index contributed by atoms with van der Waals surface area (Å²) in [4.78, 5) is 40.4. The van der Waals surface area contributed by atoms with Crippen LogP contribution in [-0.2, 0) is 20.9 Å². The second kappa shape index (κ2) is 11.6. The number of methoxy groups -OCH3 is 1. The zero-order chi connectivity index (χ0) is 27.5. The van der Waals surface area contributed by atoms with Crippen LogP contribution in [0, 0.1) is 0 Å². The smallest absolute Gasteiger partial charge is 0.252 e. The Morgan fingerprint density at radius 1 is 1.23 bits per heavy atom. The van der Waals surface area contributed by atoms with E-state index in [9.17, 15) is 24.6 Å². The molecule has 2 aromatic rings. The molecule has 5 rings (SSSR count). The number of carbonyl (C=O) groups is 3. The predicted octanol–water partition coefficient (Wildman–Crippen LogP) is 1.34. The van der Waals surface area contributed by atoms with Gasteiger partial charge in [-0.1, -0.05) is 30.3 Å². The van der Waals surface area contributed by atoms with Crippen LogP contribution in [0.2, 0.25) is 0 Å². The van der Waals surface area contributed by atoms with Crippen LogP contribution in [0.3, 0.4) is 0 Å². The fourth-order valence-electron chi connectivity index (χ4n) is 5.63. The highest BCUT2D eigenvalue weighted by molar-refractivity contribution is 5.96. The highest BCUT2D eigenvalue weighted by Crippen LogP contribution is 2.51. The summed E-state index contributed by atoms with van der Waals surface area (Å²) < 4.78 is 17.4. The average molecular weight is 537 g/mol. The number of aldehydes is 1. The quantitative estimate of drug-likeness (QED) is 0.409. The van der Waals surface area contributed by atoms with Gasteiger partial charge in [-0.15, -0.1) is 0 Å². The second-order valence-electron chi connectivity index (χ2n) is 9.86. The monoisotopic (exact) mass is 536 g/mol. The standard InChI is InChI=1S/C29H32N2O8/c1-37-23-13-18(16-33)12-19-24-20(28(35)30-9-10-32)14-21(25(34)27(24)39-26(19)23)31(15-17-6-3-2-4-7-17)29(36)22-8-5-11-38-22/h2-4,6-7,12-14,16,21-22,24-25,27,32,34H,5,8-11,15H2,1H3,(H,30,35). The Balaban J connectivity index is 1.60. The minimum absolute atomic E-state index is 0.0226. The third-order valence-electron chi connectivity index (χ3n) is 7.45. The van der Waals surface area contributed by atoms with Gasteiger partial charge in [0.2, 0.25) is 5.91 Å². The normalized spacial score (nSPS) is 25.1. The maximum atomic E-state index is 13.8. The van der Waals surface area contributed by atoms with Gasteiger partial charge in [-0.05, 0) is 36.6 Å². The molecular weight excluding hydrogens is 504 g/mol. The molecule has 10 nitrogen and oxygen atoms in total. The van der Waals surface area contributed by atoms with E-state index in [-0.39, 0.29) is 31.2 Å². The molecule has 1 saturated heterocycles. The first-order chi connectivity index (χ1) is 19.0. The van der Waals surface area contributed by atoms with Gasteiger partial charge in [0, 0.05) is 36.4 Å². The minimum Gasteiger partial charge on any atom is -0.493 e. The molecule has 0 saturated carbocycles. The van der Waals surface area contributed by atoms with Crippen molar-refractivity contribution in [3.63, 3.8) is 0 Å². The van der Waals surface area contributed by atoms with Crippen molar-refractivity contribution in [2.24, 2.45) is 0 Å². The number of benzene rings is 2. The molecule has 2 aromatic carbocycles.